The Morgan fingerprint density at radius 1 is 0.424 bits per heavy atom. The van der Waals surface area contributed by atoms with Crippen LogP contribution in [-0.4, -0.2) is 95.9 Å². The maximum Gasteiger partial charge on any atom is 4.00 e. The molecule has 0 fully saturated rings. The van der Waals surface area contributed by atoms with Crippen LogP contribution in [0.15, 0.2) is 0 Å². The van der Waals surface area contributed by atoms with Crippen molar-refractivity contribution in [3.05, 3.63) is 0 Å². The molecule has 0 radical (unpaired) electrons. The molecule has 0 aromatic heterocycles. The van der Waals surface area contributed by atoms with E-state index in [1.165, 1.54) is 16.6 Å². The third-order valence-corrected chi connectivity index (χ3v) is 1.00. The van der Waals surface area contributed by atoms with Gasteiger partial charge in [-0.2, -0.15) is 0 Å². The van der Waals surface area contributed by atoms with Crippen molar-refractivity contribution in [3.8, 4) is 0 Å². The first kappa shape index (κ1) is 52.7. The molecule has 0 aliphatic carbocycles. The number of hydrogen-bond acceptors (Lipinski definition) is 19. The quantitative estimate of drug-likeness (QED) is 0.143. The molecular weight excluding hydrogens is 554 g/mol. The summed E-state index contributed by atoms with van der Waals surface area (Å²) in [6.45, 7) is -2.33. The topological polar surface area (TPSA) is 417 Å². The fraction of sp³-hybridized carbons (Fsp3) is 0.500. The normalized spacial score (nSPS) is 6.94. The van der Waals surface area contributed by atoms with Gasteiger partial charge in [0.1, 0.15) is 0 Å². The van der Waals surface area contributed by atoms with Gasteiger partial charge in [0, 0.05) is 39.3 Å². The van der Waals surface area contributed by atoms with E-state index in [4.69, 9.17) is 63.6 Å². The molecule has 0 aliphatic rings. The van der Waals surface area contributed by atoms with E-state index >= 15 is 0 Å². The van der Waals surface area contributed by atoms with Crippen LogP contribution in [0.25, 0.3) is 0 Å². The Hall–Kier alpha value is -2.04. The fourth-order valence-electron chi connectivity index (χ4n) is 0. The maximum atomic E-state index is 9.13. The largest absolute Gasteiger partial charge is 4.00 e. The molecule has 0 unspecified atom stereocenters. The summed E-state index contributed by atoms with van der Waals surface area (Å²) in [6.07, 6.45) is 0. The minimum absolute atomic E-state index is 0. The summed E-state index contributed by atoms with van der Waals surface area (Å²) in [5.41, 5.74) is 27.1. The Bertz CT molecular complexity index is 380. The Morgan fingerprint density at radius 3 is 0.455 bits per heavy atom. The molecule has 0 heterocycles. The number of carboxylic acids is 6. The van der Waals surface area contributed by atoms with Crippen LogP contribution in [-0.2, 0) is 55.0 Å². The molecule has 0 aliphatic heterocycles. The molecule has 0 spiro atoms. The number of carbonyl (C=O) groups excluding carboxylic acids is 6. The number of nitrogens with two attached hydrogens (primary N) is 6. The molecule has 0 saturated carbocycles. The molecule has 0 amide bonds. The summed E-state index contributed by atoms with van der Waals surface area (Å²) in [7, 11) is 0. The third kappa shape index (κ3) is 236. The van der Waals surface area contributed by atoms with Gasteiger partial charge >= 0.3 is 47.0 Å². The van der Waals surface area contributed by atoms with Crippen LogP contribution in [0.4, 0.5) is 0 Å². The first-order valence-corrected chi connectivity index (χ1v) is 7.79. The van der Waals surface area contributed by atoms with Gasteiger partial charge in [0.25, 0.3) is 0 Å². The minimum Gasteiger partial charge on any atom is 4.00 e. The van der Waals surface area contributed by atoms with E-state index in [2.05, 4.69) is 34.4 Å². The number of aliphatic carboxylic acids is 6. The molecule has 0 aromatic carbocycles. The smallest absolute Gasteiger partial charge is 4.00 e. The van der Waals surface area contributed by atoms with E-state index in [0.29, 0.717) is 0 Å². The minimum atomic E-state index is -1.22. The molecule has 0 bridgehead atoms. The van der Waals surface area contributed by atoms with Gasteiger partial charge in [0.15, 0.2) is 0 Å². The summed E-state index contributed by atoms with van der Waals surface area (Å²) in [5.74, 6) is -7.31. The van der Waals surface area contributed by atoms with Crippen molar-refractivity contribution in [2.24, 2.45) is 34.4 Å². The molecule has 13 N–H and O–H groups in total. The Balaban J connectivity index is -0.0000000371. The van der Waals surface area contributed by atoms with E-state index in [-0.39, 0.29) is 65.5 Å². The van der Waals surface area contributed by atoms with Crippen LogP contribution < -0.4 is 65.0 Å². The van der Waals surface area contributed by atoms with Crippen molar-refractivity contribution in [1.82, 2.24) is 0 Å². The Morgan fingerprint density at radius 2 is 0.455 bits per heavy atom. The molecule has 19 nitrogen and oxygen atoms in total. The summed E-state index contributed by atoms with van der Waals surface area (Å²) < 4.78 is 6.92. The van der Waals surface area contributed by atoms with Gasteiger partial charge in [-0.1, -0.05) is 0 Å². The summed E-state index contributed by atoms with van der Waals surface area (Å²) in [6, 6.07) is 0. The molecule has 0 aromatic rings. The number of carboxylic acid groups (broad SMARTS) is 6. The zero-order valence-corrected chi connectivity index (χ0v) is 20.7. The van der Waals surface area contributed by atoms with E-state index in [1.807, 2.05) is 0 Å². The van der Waals surface area contributed by atoms with Crippen molar-refractivity contribution < 1.29 is 89.8 Å². The standard InChI is InChI=1S/6C2H5NO2.Al.H2O.Zr/c6*3-1-2(4)5;;;/h6*1,3H2,(H,4,5);;1H2;/q;;;;;;+3;;+4/p-7. The molecule has 33 heavy (non-hydrogen) atoms. The van der Waals surface area contributed by atoms with Gasteiger partial charge in [-0.3, -0.25) is 0 Å². The maximum absolute atomic E-state index is 9.13. The zero-order valence-electron chi connectivity index (χ0n) is 17.1. The number of carbonyl (C=O) groups is 6. The van der Waals surface area contributed by atoms with E-state index in [0.717, 1.165) is 0 Å². The number of rotatable bonds is 6. The monoisotopic (exact) mass is 578 g/mol. The van der Waals surface area contributed by atoms with Crippen LogP contribution in [0.3, 0.4) is 0 Å². The van der Waals surface area contributed by atoms with Crippen molar-refractivity contribution in [2.75, 3.05) is 39.3 Å². The van der Waals surface area contributed by atoms with Crippen molar-refractivity contribution in [2.45, 2.75) is 0 Å². The summed E-state index contributed by atoms with van der Waals surface area (Å²) in [4.78, 5) is 54.8. The van der Waals surface area contributed by atoms with Gasteiger partial charge in [-0.25, -0.2) is 0 Å². The van der Waals surface area contributed by atoms with Gasteiger partial charge < -0.3 is 93.8 Å². The second-order valence-electron chi connectivity index (χ2n) is 3.46. The van der Waals surface area contributed by atoms with Gasteiger partial charge in [0.2, 0.25) is 0 Å². The Labute approximate surface area is 215 Å². The van der Waals surface area contributed by atoms with Crippen molar-refractivity contribution in [3.63, 3.8) is 0 Å². The van der Waals surface area contributed by atoms with Crippen LogP contribution >= 0.6 is 0 Å². The van der Waals surface area contributed by atoms with Crippen LogP contribution in [0.1, 0.15) is 0 Å². The second kappa shape index (κ2) is 52.1. The first-order valence-electron chi connectivity index (χ1n) is 7.28. The van der Waals surface area contributed by atoms with Gasteiger partial charge in [-0.15, -0.1) is 0 Å². The van der Waals surface area contributed by atoms with Gasteiger partial charge in [-0.05, 0) is 0 Å². The fourth-order valence-corrected chi connectivity index (χ4v) is 0. The van der Waals surface area contributed by atoms with Crippen LogP contribution in [0.5, 0.6) is 0 Å². The second-order valence-corrected chi connectivity index (χ2v) is 3.46. The average Bonchev–Trinajstić information content (AvgIpc) is 2.76. The van der Waals surface area contributed by atoms with Crippen molar-refractivity contribution >= 4 is 52.4 Å². The van der Waals surface area contributed by atoms with Crippen molar-refractivity contribution in [1.29, 1.82) is 0 Å². The first-order chi connectivity index (χ1) is 14.6. The molecule has 0 rings (SSSR count). The van der Waals surface area contributed by atoms with E-state index in [1.54, 1.807) is 0 Å². The predicted octanol–water partition coefficient (Wildman–Crippen LogP) is -14.8. The van der Waals surface area contributed by atoms with E-state index in [9.17, 15) is 0 Å². The average molecular weight is 580 g/mol. The molecule has 0 saturated heterocycles. The zero-order chi connectivity index (χ0) is 27.7. The number of hydrogen-bond donors (Lipinski definition) is 7. The summed E-state index contributed by atoms with van der Waals surface area (Å²) >= 11 is 1.42. The third-order valence-electron chi connectivity index (χ3n) is 1.00. The van der Waals surface area contributed by atoms with E-state index < -0.39 is 35.8 Å². The van der Waals surface area contributed by atoms with Crippen LogP contribution in [0, 0.1) is 0 Å². The predicted molar refractivity (Wildman–Crippen MR) is 92.3 cm³/mol. The van der Waals surface area contributed by atoms with Crippen LogP contribution in [0.2, 0.25) is 0 Å². The molecule has 21 heteroatoms. The Kier molecular flexibility index (Phi) is 83.2. The molecule has 188 valence electrons. The van der Waals surface area contributed by atoms with Gasteiger partial charge in [0.05, 0.1) is 35.8 Å². The molecular formula is C12H25AlN6O13Zr. The molecule has 0 atom stereocenters. The SMILES string of the molecule is NCC(=O)[O-].NCC(=O)[O-].NCC(=O)[O-].NCC(=O)[O-].NCC(=O)[O-].NCC(=O)[O-].[OH][Al+2].[Zr+4]. The summed E-state index contributed by atoms with van der Waals surface area (Å²) in [5, 5.41) is 54.8.